The highest BCUT2D eigenvalue weighted by Gasteiger charge is 2.40. The second kappa shape index (κ2) is 5.39. The lowest BCUT2D eigenvalue weighted by atomic mass is 9.97. The quantitative estimate of drug-likeness (QED) is 0.919. The van der Waals surface area contributed by atoms with Gasteiger partial charge in [0.15, 0.2) is 5.60 Å². The largest absolute Gasteiger partial charge is 0.478 e. The molecule has 0 spiro atoms. The van der Waals surface area contributed by atoms with E-state index >= 15 is 0 Å². The summed E-state index contributed by atoms with van der Waals surface area (Å²) in [6.07, 6.45) is 0. The second-order valence-electron chi connectivity index (χ2n) is 5.33. The van der Waals surface area contributed by atoms with E-state index in [1.54, 1.807) is 43.0 Å². The highest BCUT2D eigenvalue weighted by atomic mass is 35.5. The normalized spacial score (nSPS) is 16.1. The van der Waals surface area contributed by atoms with Crippen LogP contribution >= 0.6 is 11.6 Å². The molecule has 0 aromatic heterocycles. The van der Waals surface area contributed by atoms with Crippen molar-refractivity contribution in [1.29, 1.82) is 0 Å². The van der Waals surface area contributed by atoms with Crippen LogP contribution in [0.25, 0.3) is 0 Å². The number of aliphatic hydroxyl groups excluding tert-OH is 1. The summed E-state index contributed by atoms with van der Waals surface area (Å²) in [5.74, 6) is 0.754. The van der Waals surface area contributed by atoms with E-state index in [-0.39, 0.29) is 18.4 Å². The molecule has 0 unspecified atom stereocenters. The van der Waals surface area contributed by atoms with Gasteiger partial charge in [0.05, 0.1) is 0 Å². The molecule has 2 rings (SSSR count). The SMILES string of the molecule is CC(C)(Oc1ccc(Cl)cc1)C(=O)N1CC(CO)C1. The van der Waals surface area contributed by atoms with E-state index < -0.39 is 5.60 Å². The van der Waals surface area contributed by atoms with E-state index in [2.05, 4.69) is 0 Å². The van der Waals surface area contributed by atoms with E-state index in [0.29, 0.717) is 23.9 Å². The summed E-state index contributed by atoms with van der Waals surface area (Å²) < 4.78 is 5.73. The molecule has 1 aliphatic rings. The third kappa shape index (κ3) is 3.19. The molecule has 0 aliphatic carbocycles. The average Bonchev–Trinajstić information content (AvgIpc) is 2.30. The van der Waals surface area contributed by atoms with Gasteiger partial charge in [-0.25, -0.2) is 0 Å². The topological polar surface area (TPSA) is 49.8 Å². The van der Waals surface area contributed by atoms with E-state index in [9.17, 15) is 4.79 Å². The summed E-state index contributed by atoms with van der Waals surface area (Å²) in [7, 11) is 0. The molecule has 1 aliphatic heterocycles. The Balaban J connectivity index is 1.98. The summed E-state index contributed by atoms with van der Waals surface area (Å²) in [6.45, 7) is 4.82. The fourth-order valence-electron chi connectivity index (χ4n) is 2.07. The minimum Gasteiger partial charge on any atom is -0.478 e. The maximum atomic E-state index is 12.3. The molecule has 104 valence electrons. The average molecular weight is 284 g/mol. The zero-order chi connectivity index (χ0) is 14.0. The van der Waals surface area contributed by atoms with Crippen LogP contribution in [0.1, 0.15) is 13.8 Å². The summed E-state index contributed by atoms with van der Waals surface area (Å²) in [4.78, 5) is 14.0. The fourth-order valence-corrected chi connectivity index (χ4v) is 2.20. The summed E-state index contributed by atoms with van der Waals surface area (Å²) in [5.41, 5.74) is -0.922. The van der Waals surface area contributed by atoms with E-state index in [0.717, 1.165) is 0 Å². The zero-order valence-electron chi connectivity index (χ0n) is 11.1. The molecule has 1 fully saturated rings. The molecule has 0 radical (unpaired) electrons. The molecule has 5 heteroatoms. The van der Waals surface area contributed by atoms with Crippen LogP contribution in [0, 0.1) is 5.92 Å². The van der Waals surface area contributed by atoms with Crippen molar-refractivity contribution in [1.82, 2.24) is 4.90 Å². The van der Waals surface area contributed by atoms with Gasteiger partial charge in [0.25, 0.3) is 5.91 Å². The van der Waals surface area contributed by atoms with Crippen molar-refractivity contribution in [2.24, 2.45) is 5.92 Å². The zero-order valence-corrected chi connectivity index (χ0v) is 11.9. The number of hydrogen-bond acceptors (Lipinski definition) is 3. The number of likely N-dealkylation sites (tertiary alicyclic amines) is 1. The van der Waals surface area contributed by atoms with Gasteiger partial charge >= 0.3 is 0 Å². The predicted octanol–water partition coefficient (Wildman–Crippen LogP) is 1.95. The Morgan fingerprint density at radius 1 is 1.42 bits per heavy atom. The van der Waals surface area contributed by atoms with E-state index in [1.807, 2.05) is 0 Å². The predicted molar refractivity (Wildman–Crippen MR) is 73.3 cm³/mol. The van der Waals surface area contributed by atoms with Crippen molar-refractivity contribution in [3.63, 3.8) is 0 Å². The van der Waals surface area contributed by atoms with Crippen molar-refractivity contribution in [2.75, 3.05) is 19.7 Å². The van der Waals surface area contributed by atoms with Gasteiger partial charge in [0, 0.05) is 30.6 Å². The summed E-state index contributed by atoms with van der Waals surface area (Å²) in [6, 6.07) is 6.93. The smallest absolute Gasteiger partial charge is 0.266 e. The first-order valence-electron chi connectivity index (χ1n) is 6.27. The van der Waals surface area contributed by atoms with Crippen LogP contribution in [-0.2, 0) is 4.79 Å². The Morgan fingerprint density at radius 3 is 2.53 bits per heavy atom. The van der Waals surface area contributed by atoms with Crippen LogP contribution < -0.4 is 4.74 Å². The number of hydrogen-bond donors (Lipinski definition) is 1. The minimum absolute atomic E-state index is 0.0628. The molecule has 4 nitrogen and oxygen atoms in total. The number of amides is 1. The molecule has 1 aromatic rings. The van der Waals surface area contributed by atoms with Crippen molar-refractivity contribution >= 4 is 17.5 Å². The van der Waals surface area contributed by atoms with E-state index in [4.69, 9.17) is 21.4 Å². The fraction of sp³-hybridized carbons (Fsp3) is 0.500. The first-order valence-corrected chi connectivity index (χ1v) is 6.65. The molecule has 0 atom stereocenters. The van der Waals surface area contributed by atoms with Gasteiger partial charge in [-0.1, -0.05) is 11.6 Å². The third-order valence-electron chi connectivity index (χ3n) is 3.20. The van der Waals surface area contributed by atoms with Crippen LogP contribution in [0.4, 0.5) is 0 Å². The number of aliphatic hydroxyl groups is 1. The Bertz CT molecular complexity index is 452. The number of carbonyl (C=O) groups excluding carboxylic acids is 1. The minimum atomic E-state index is -0.922. The lowest BCUT2D eigenvalue weighted by molar-refractivity contribution is -0.153. The number of carbonyl (C=O) groups is 1. The van der Waals surface area contributed by atoms with Gasteiger partial charge in [-0.2, -0.15) is 0 Å². The molecule has 0 saturated carbocycles. The first-order chi connectivity index (χ1) is 8.92. The van der Waals surface area contributed by atoms with Crippen LogP contribution in [0.2, 0.25) is 5.02 Å². The Kier molecular flexibility index (Phi) is 4.02. The molecule has 1 amide bonds. The number of nitrogens with zero attached hydrogens (tertiary/aromatic N) is 1. The molecule has 1 heterocycles. The number of rotatable bonds is 4. The lowest BCUT2D eigenvalue weighted by Crippen LogP contribution is -2.58. The second-order valence-corrected chi connectivity index (χ2v) is 5.76. The van der Waals surface area contributed by atoms with Gasteiger partial charge in [0.1, 0.15) is 5.75 Å². The van der Waals surface area contributed by atoms with Gasteiger partial charge in [-0.05, 0) is 38.1 Å². The van der Waals surface area contributed by atoms with Gasteiger partial charge in [-0.3, -0.25) is 4.79 Å². The maximum Gasteiger partial charge on any atom is 0.266 e. The molecule has 1 N–H and O–H groups in total. The summed E-state index contributed by atoms with van der Waals surface area (Å²) in [5, 5.41) is 9.60. The van der Waals surface area contributed by atoms with Crippen molar-refractivity contribution < 1.29 is 14.6 Å². The number of benzene rings is 1. The molecular weight excluding hydrogens is 266 g/mol. The highest BCUT2D eigenvalue weighted by molar-refractivity contribution is 6.30. The lowest BCUT2D eigenvalue weighted by Gasteiger charge is -2.42. The Morgan fingerprint density at radius 2 is 2.00 bits per heavy atom. The van der Waals surface area contributed by atoms with E-state index in [1.165, 1.54) is 0 Å². The maximum absolute atomic E-state index is 12.3. The summed E-state index contributed by atoms with van der Waals surface area (Å²) >= 11 is 5.81. The van der Waals surface area contributed by atoms with Crippen LogP contribution in [0.15, 0.2) is 24.3 Å². The van der Waals surface area contributed by atoms with Crippen molar-refractivity contribution in [3.8, 4) is 5.75 Å². The highest BCUT2D eigenvalue weighted by Crippen LogP contribution is 2.25. The number of ether oxygens (including phenoxy) is 1. The molecule has 1 saturated heterocycles. The van der Waals surface area contributed by atoms with Crippen LogP contribution in [0.3, 0.4) is 0 Å². The van der Waals surface area contributed by atoms with Crippen molar-refractivity contribution in [3.05, 3.63) is 29.3 Å². The molecular formula is C14H18ClNO3. The monoisotopic (exact) mass is 283 g/mol. The van der Waals surface area contributed by atoms with Gasteiger partial charge < -0.3 is 14.7 Å². The van der Waals surface area contributed by atoms with Crippen LogP contribution in [0.5, 0.6) is 5.75 Å². The molecule has 19 heavy (non-hydrogen) atoms. The van der Waals surface area contributed by atoms with Gasteiger partial charge in [-0.15, -0.1) is 0 Å². The molecule has 0 bridgehead atoms. The van der Waals surface area contributed by atoms with Gasteiger partial charge in [0.2, 0.25) is 0 Å². The van der Waals surface area contributed by atoms with Crippen LogP contribution in [-0.4, -0.2) is 41.2 Å². The third-order valence-corrected chi connectivity index (χ3v) is 3.46. The molecule has 1 aromatic carbocycles. The number of halogens is 1. The standard InChI is InChI=1S/C14H18ClNO3/c1-14(2,13(18)16-7-10(8-16)9-17)19-12-5-3-11(15)4-6-12/h3-6,10,17H,7-9H2,1-2H3. The Labute approximate surface area is 117 Å². The van der Waals surface area contributed by atoms with Crippen molar-refractivity contribution in [2.45, 2.75) is 19.4 Å². The Hall–Kier alpha value is -1.26. The first kappa shape index (κ1) is 14.2.